The Hall–Kier alpha value is -4.21. The molecule has 0 aromatic heterocycles. The highest BCUT2D eigenvalue weighted by Gasteiger charge is 2.28. The van der Waals surface area contributed by atoms with Crippen LogP contribution in [-0.2, 0) is 20.8 Å². The maximum atomic E-state index is 13.4. The minimum Gasteiger partial charge on any atom is -0.368 e. The van der Waals surface area contributed by atoms with Crippen molar-refractivity contribution in [2.75, 3.05) is 37.6 Å². The van der Waals surface area contributed by atoms with Crippen molar-refractivity contribution in [2.45, 2.75) is 31.7 Å². The van der Waals surface area contributed by atoms with Crippen molar-refractivity contribution >= 4 is 29.1 Å². The van der Waals surface area contributed by atoms with Crippen molar-refractivity contribution in [3.8, 4) is 0 Å². The van der Waals surface area contributed by atoms with Crippen molar-refractivity contribution in [3.63, 3.8) is 0 Å². The highest BCUT2D eigenvalue weighted by Crippen LogP contribution is 2.21. The molecule has 1 heterocycles. The molecule has 1 aliphatic rings. The van der Waals surface area contributed by atoms with Gasteiger partial charge in [-0.2, -0.15) is 0 Å². The highest BCUT2D eigenvalue weighted by atomic mass is 16.6. The Bertz CT molecular complexity index is 1080. The van der Waals surface area contributed by atoms with E-state index in [1.807, 2.05) is 30.3 Å². The largest absolute Gasteiger partial charge is 0.368 e. The Balaban J connectivity index is 1.57. The van der Waals surface area contributed by atoms with Gasteiger partial charge in [-0.1, -0.05) is 36.9 Å². The molecule has 10 heteroatoms. The number of piperazine rings is 1. The number of amides is 3. The number of anilines is 1. The van der Waals surface area contributed by atoms with Crippen LogP contribution in [0.1, 0.15) is 24.8 Å². The molecule has 2 aromatic carbocycles. The average Bonchev–Trinajstić information content (AvgIpc) is 2.92. The van der Waals surface area contributed by atoms with E-state index in [0.29, 0.717) is 52.0 Å². The molecule has 0 spiro atoms. The van der Waals surface area contributed by atoms with Gasteiger partial charge in [-0.05, 0) is 43.0 Å². The van der Waals surface area contributed by atoms with Crippen molar-refractivity contribution < 1.29 is 19.3 Å². The number of nitrogens with one attached hydrogen (secondary N) is 2. The Morgan fingerprint density at radius 2 is 1.68 bits per heavy atom. The lowest BCUT2D eigenvalue weighted by molar-refractivity contribution is -0.384. The van der Waals surface area contributed by atoms with Gasteiger partial charge in [0.05, 0.1) is 11.3 Å². The second-order valence-corrected chi connectivity index (χ2v) is 8.86. The first-order chi connectivity index (χ1) is 17.9. The molecule has 2 N–H and O–H groups in total. The number of hydrogen-bond acceptors (Lipinski definition) is 6. The van der Waals surface area contributed by atoms with Crippen molar-refractivity contribution in [2.24, 2.45) is 0 Å². The van der Waals surface area contributed by atoms with Crippen molar-refractivity contribution in [1.29, 1.82) is 0 Å². The Morgan fingerprint density at radius 3 is 2.30 bits per heavy atom. The first kappa shape index (κ1) is 27.4. The third kappa shape index (κ3) is 8.45. The summed E-state index contributed by atoms with van der Waals surface area (Å²) >= 11 is 0. The zero-order valence-corrected chi connectivity index (χ0v) is 20.8. The second kappa shape index (κ2) is 13.8. The van der Waals surface area contributed by atoms with Crippen LogP contribution in [0.2, 0.25) is 0 Å². The minimum atomic E-state index is -0.655. The first-order valence-corrected chi connectivity index (χ1v) is 12.4. The number of benzene rings is 2. The summed E-state index contributed by atoms with van der Waals surface area (Å²) in [5.74, 6) is -0.580. The van der Waals surface area contributed by atoms with Crippen LogP contribution in [0.25, 0.3) is 0 Å². The third-order valence-corrected chi connectivity index (χ3v) is 6.26. The number of carbonyl (C=O) groups is 3. The minimum absolute atomic E-state index is 0.0377. The maximum Gasteiger partial charge on any atom is 0.269 e. The second-order valence-electron chi connectivity index (χ2n) is 8.86. The summed E-state index contributed by atoms with van der Waals surface area (Å²) in [6.07, 6.45) is 3.19. The number of rotatable bonds is 12. The number of hydrogen-bond donors (Lipinski definition) is 2. The Kier molecular flexibility index (Phi) is 10.2. The van der Waals surface area contributed by atoms with Crippen LogP contribution in [0, 0.1) is 10.1 Å². The molecule has 1 saturated heterocycles. The molecule has 10 nitrogen and oxygen atoms in total. The van der Waals surface area contributed by atoms with Crippen LogP contribution in [0.5, 0.6) is 0 Å². The molecule has 0 bridgehead atoms. The molecular formula is C27H33N5O5. The van der Waals surface area contributed by atoms with E-state index in [1.165, 1.54) is 18.2 Å². The number of non-ortho nitro benzene ring substituents is 1. The standard InChI is InChI=1S/C27H33N5O5/c1-2-25(33)28-15-7-6-10-24(29-26(34)20-21-8-4-3-5-9-21)27(35)31-18-16-30(17-19-31)22-11-13-23(14-12-22)32(36)37/h2-5,8-9,11-14,24H,1,6-7,10,15-20H2,(H,28,33)(H,29,34)/t24-/m0/s1. The van der Waals surface area contributed by atoms with Gasteiger partial charge in [0.25, 0.3) is 5.69 Å². The quantitative estimate of drug-likeness (QED) is 0.197. The molecule has 1 fully saturated rings. The fraction of sp³-hybridized carbons (Fsp3) is 0.370. The molecule has 0 radical (unpaired) electrons. The summed E-state index contributed by atoms with van der Waals surface area (Å²) in [6, 6.07) is 15.1. The van der Waals surface area contributed by atoms with E-state index in [1.54, 1.807) is 17.0 Å². The van der Waals surface area contributed by atoms with Gasteiger partial charge in [-0.15, -0.1) is 0 Å². The molecule has 3 rings (SSSR count). The highest BCUT2D eigenvalue weighted by molar-refractivity contribution is 5.88. The van der Waals surface area contributed by atoms with E-state index in [2.05, 4.69) is 22.1 Å². The molecular weight excluding hydrogens is 474 g/mol. The van der Waals surface area contributed by atoms with Gasteiger partial charge in [-0.3, -0.25) is 24.5 Å². The zero-order chi connectivity index (χ0) is 26.6. The lowest BCUT2D eigenvalue weighted by atomic mass is 10.1. The monoisotopic (exact) mass is 507 g/mol. The maximum absolute atomic E-state index is 13.4. The van der Waals surface area contributed by atoms with Crippen LogP contribution in [0.15, 0.2) is 67.3 Å². The Morgan fingerprint density at radius 1 is 1.00 bits per heavy atom. The van der Waals surface area contributed by atoms with Gasteiger partial charge in [0.2, 0.25) is 17.7 Å². The van der Waals surface area contributed by atoms with Gasteiger partial charge < -0.3 is 20.4 Å². The third-order valence-electron chi connectivity index (χ3n) is 6.26. The molecule has 2 aromatic rings. The number of unbranched alkanes of at least 4 members (excludes halogenated alkanes) is 1. The smallest absolute Gasteiger partial charge is 0.269 e. The normalized spacial score (nSPS) is 13.9. The van der Waals surface area contributed by atoms with Crippen LogP contribution in [-0.4, -0.2) is 66.3 Å². The molecule has 0 saturated carbocycles. The van der Waals surface area contributed by atoms with Gasteiger partial charge in [0.1, 0.15) is 6.04 Å². The lowest BCUT2D eigenvalue weighted by Gasteiger charge is -2.37. The predicted octanol–water partition coefficient (Wildman–Crippen LogP) is 2.44. The topological polar surface area (TPSA) is 125 Å². The summed E-state index contributed by atoms with van der Waals surface area (Å²) in [6.45, 7) is 6.03. The van der Waals surface area contributed by atoms with Crippen LogP contribution in [0.4, 0.5) is 11.4 Å². The molecule has 0 aliphatic carbocycles. The fourth-order valence-electron chi connectivity index (χ4n) is 4.23. The summed E-state index contributed by atoms with van der Waals surface area (Å²) in [5.41, 5.74) is 1.78. The molecule has 1 atom stereocenters. The van der Waals surface area contributed by atoms with Crippen LogP contribution >= 0.6 is 0 Å². The van der Waals surface area contributed by atoms with E-state index < -0.39 is 11.0 Å². The van der Waals surface area contributed by atoms with E-state index >= 15 is 0 Å². The average molecular weight is 508 g/mol. The fourth-order valence-corrected chi connectivity index (χ4v) is 4.23. The molecule has 0 unspecified atom stereocenters. The lowest BCUT2D eigenvalue weighted by Crippen LogP contribution is -2.55. The van der Waals surface area contributed by atoms with E-state index in [0.717, 1.165) is 11.3 Å². The number of nitrogens with zero attached hydrogens (tertiary/aromatic N) is 3. The van der Waals surface area contributed by atoms with Gasteiger partial charge in [-0.25, -0.2) is 0 Å². The predicted molar refractivity (Wildman–Crippen MR) is 141 cm³/mol. The molecule has 1 aliphatic heterocycles. The van der Waals surface area contributed by atoms with Gasteiger partial charge >= 0.3 is 0 Å². The van der Waals surface area contributed by atoms with Crippen LogP contribution in [0.3, 0.4) is 0 Å². The molecule has 3 amide bonds. The number of nitro benzene ring substituents is 1. The van der Waals surface area contributed by atoms with Crippen LogP contribution < -0.4 is 15.5 Å². The number of nitro groups is 1. The summed E-state index contributed by atoms with van der Waals surface area (Å²) in [4.78, 5) is 51.8. The summed E-state index contributed by atoms with van der Waals surface area (Å²) in [7, 11) is 0. The Labute approximate surface area is 216 Å². The first-order valence-electron chi connectivity index (χ1n) is 12.4. The summed E-state index contributed by atoms with van der Waals surface area (Å²) < 4.78 is 0. The van der Waals surface area contributed by atoms with Gasteiger partial charge in [0.15, 0.2) is 0 Å². The molecule has 37 heavy (non-hydrogen) atoms. The van der Waals surface area contributed by atoms with E-state index in [9.17, 15) is 24.5 Å². The van der Waals surface area contributed by atoms with Gasteiger partial charge in [0, 0.05) is 50.5 Å². The molecule has 196 valence electrons. The van der Waals surface area contributed by atoms with Crippen molar-refractivity contribution in [3.05, 3.63) is 82.9 Å². The number of carbonyl (C=O) groups excluding carboxylic acids is 3. The zero-order valence-electron chi connectivity index (χ0n) is 20.8. The van der Waals surface area contributed by atoms with Crippen molar-refractivity contribution in [1.82, 2.24) is 15.5 Å². The summed E-state index contributed by atoms with van der Waals surface area (Å²) in [5, 5.41) is 16.5. The van der Waals surface area contributed by atoms with E-state index in [-0.39, 0.29) is 29.8 Å². The SMILES string of the molecule is C=CC(=O)NCCCC[C@H](NC(=O)Cc1ccccc1)C(=O)N1CCN(c2ccc([N+](=O)[O-])cc2)CC1. The van der Waals surface area contributed by atoms with E-state index in [4.69, 9.17) is 0 Å².